The minimum absolute atomic E-state index is 0.0511. The number of carbonyl (C=O) groups excluding carboxylic acids is 1. The van der Waals surface area contributed by atoms with Crippen molar-refractivity contribution in [1.82, 2.24) is 9.21 Å². The number of hydrogen-bond acceptors (Lipinski definition) is 6. The van der Waals surface area contributed by atoms with E-state index < -0.39 is 20.8 Å². The number of sulfonamides is 1. The zero-order valence-corrected chi connectivity index (χ0v) is 17.0. The van der Waals surface area contributed by atoms with Gasteiger partial charge in [0, 0.05) is 32.2 Å². The Morgan fingerprint density at radius 1 is 1.25 bits per heavy atom. The number of carbonyl (C=O) groups is 1. The molecule has 1 aromatic carbocycles. The Bertz CT molecular complexity index is 1050. The molecular formula is C16H15ClFN3O5S2. The molecule has 150 valence electrons. The molecule has 0 aliphatic carbocycles. The van der Waals surface area contributed by atoms with E-state index in [2.05, 4.69) is 0 Å². The van der Waals surface area contributed by atoms with Crippen molar-refractivity contribution in [2.45, 2.75) is 11.8 Å². The molecule has 1 saturated heterocycles. The maximum absolute atomic E-state index is 13.3. The molecule has 1 aliphatic rings. The minimum atomic E-state index is -3.87. The zero-order chi connectivity index (χ0) is 20.6. The third-order valence-electron chi connectivity index (χ3n) is 4.35. The van der Waals surface area contributed by atoms with Crippen molar-refractivity contribution in [3.8, 4) is 0 Å². The maximum atomic E-state index is 13.3. The number of aryl methyl sites for hydroxylation is 1. The van der Waals surface area contributed by atoms with Crippen molar-refractivity contribution < 1.29 is 22.5 Å². The van der Waals surface area contributed by atoms with Crippen LogP contribution in [0.15, 0.2) is 29.2 Å². The second-order valence-corrected chi connectivity index (χ2v) is 9.68. The SMILES string of the molecule is Cc1sc(C(=O)N2CCN(S(=O)(=O)c3ccc(F)c(Cl)c3)CC2)cc1[N+](=O)[O-]. The van der Waals surface area contributed by atoms with Gasteiger partial charge in [0.1, 0.15) is 5.82 Å². The molecular weight excluding hydrogens is 433 g/mol. The maximum Gasteiger partial charge on any atom is 0.283 e. The standard InChI is InChI=1S/C16H15ClFN3O5S2/c1-10-14(21(23)24)9-15(27-10)16(22)19-4-6-20(7-5-19)28(25,26)11-2-3-13(18)12(17)8-11/h2-3,8-9H,4-7H2,1H3. The fourth-order valence-corrected chi connectivity index (χ4v) is 5.48. The summed E-state index contributed by atoms with van der Waals surface area (Å²) >= 11 is 6.71. The van der Waals surface area contributed by atoms with Crippen LogP contribution in [0.2, 0.25) is 5.02 Å². The van der Waals surface area contributed by atoms with Crippen LogP contribution in [0.5, 0.6) is 0 Å². The summed E-state index contributed by atoms with van der Waals surface area (Å²) < 4.78 is 39.9. The fraction of sp³-hybridized carbons (Fsp3) is 0.312. The molecule has 2 heterocycles. The normalized spacial score (nSPS) is 15.6. The van der Waals surface area contributed by atoms with E-state index >= 15 is 0 Å². The van der Waals surface area contributed by atoms with E-state index in [0.717, 1.165) is 29.5 Å². The van der Waals surface area contributed by atoms with Crippen molar-refractivity contribution in [1.29, 1.82) is 0 Å². The van der Waals surface area contributed by atoms with Gasteiger partial charge in [-0.3, -0.25) is 14.9 Å². The Morgan fingerprint density at radius 2 is 1.89 bits per heavy atom. The number of hydrogen-bond donors (Lipinski definition) is 0. The number of amides is 1. The number of thiophene rings is 1. The van der Waals surface area contributed by atoms with E-state index in [1.54, 1.807) is 6.92 Å². The average molecular weight is 448 g/mol. The lowest BCUT2D eigenvalue weighted by atomic mass is 10.3. The van der Waals surface area contributed by atoms with Crippen molar-refractivity contribution in [2.24, 2.45) is 0 Å². The van der Waals surface area contributed by atoms with Gasteiger partial charge < -0.3 is 4.90 Å². The number of halogens is 2. The van der Waals surface area contributed by atoms with E-state index in [1.807, 2.05) is 0 Å². The molecule has 2 aromatic rings. The van der Waals surface area contributed by atoms with Crippen LogP contribution in [0.4, 0.5) is 10.1 Å². The molecule has 3 rings (SSSR count). The van der Waals surface area contributed by atoms with Crippen LogP contribution < -0.4 is 0 Å². The molecule has 0 bridgehead atoms. The van der Waals surface area contributed by atoms with Crippen molar-refractivity contribution >= 4 is 44.6 Å². The summed E-state index contributed by atoms with van der Waals surface area (Å²) in [6.07, 6.45) is 0. The summed E-state index contributed by atoms with van der Waals surface area (Å²) in [7, 11) is -3.87. The average Bonchev–Trinajstić information content (AvgIpc) is 3.05. The fourth-order valence-electron chi connectivity index (χ4n) is 2.83. The van der Waals surface area contributed by atoms with E-state index in [1.165, 1.54) is 15.3 Å². The highest BCUT2D eigenvalue weighted by Crippen LogP contribution is 2.29. The van der Waals surface area contributed by atoms with Crippen molar-refractivity contribution in [3.05, 3.63) is 55.0 Å². The Labute approximate surface area is 169 Å². The molecule has 0 unspecified atom stereocenters. The topological polar surface area (TPSA) is 101 Å². The molecule has 0 atom stereocenters. The minimum Gasteiger partial charge on any atom is -0.335 e. The van der Waals surface area contributed by atoms with Gasteiger partial charge in [-0.25, -0.2) is 12.8 Å². The van der Waals surface area contributed by atoms with Gasteiger partial charge in [0.2, 0.25) is 10.0 Å². The molecule has 0 radical (unpaired) electrons. The Hall–Kier alpha value is -2.08. The van der Waals surface area contributed by atoms with Crippen LogP contribution in [0.3, 0.4) is 0 Å². The van der Waals surface area contributed by atoms with Gasteiger partial charge in [-0.05, 0) is 25.1 Å². The molecule has 1 aromatic heterocycles. The quantitative estimate of drug-likeness (QED) is 0.529. The van der Waals surface area contributed by atoms with Crippen LogP contribution in [-0.4, -0.2) is 54.6 Å². The smallest absolute Gasteiger partial charge is 0.283 e. The monoisotopic (exact) mass is 447 g/mol. The van der Waals surface area contributed by atoms with E-state index in [0.29, 0.717) is 4.88 Å². The molecule has 0 spiro atoms. The van der Waals surface area contributed by atoms with E-state index in [4.69, 9.17) is 11.6 Å². The molecule has 1 fully saturated rings. The zero-order valence-electron chi connectivity index (χ0n) is 14.6. The lowest BCUT2D eigenvalue weighted by molar-refractivity contribution is -0.385. The lowest BCUT2D eigenvalue weighted by Gasteiger charge is -2.33. The number of nitro groups is 1. The largest absolute Gasteiger partial charge is 0.335 e. The number of benzene rings is 1. The summed E-state index contributed by atoms with van der Waals surface area (Å²) in [4.78, 5) is 25.0. The lowest BCUT2D eigenvalue weighted by Crippen LogP contribution is -2.50. The van der Waals surface area contributed by atoms with Gasteiger partial charge in [-0.2, -0.15) is 4.31 Å². The summed E-state index contributed by atoms with van der Waals surface area (Å²) in [6, 6.07) is 4.42. The van der Waals surface area contributed by atoms with Gasteiger partial charge in [0.05, 0.1) is 24.6 Å². The van der Waals surface area contributed by atoms with Crippen LogP contribution in [0, 0.1) is 22.9 Å². The molecule has 28 heavy (non-hydrogen) atoms. The van der Waals surface area contributed by atoms with Crippen LogP contribution in [0.1, 0.15) is 14.5 Å². The van der Waals surface area contributed by atoms with Gasteiger partial charge in [-0.1, -0.05) is 11.6 Å². The van der Waals surface area contributed by atoms with Gasteiger partial charge in [0.15, 0.2) is 0 Å². The number of rotatable bonds is 4. The third kappa shape index (κ3) is 3.88. The number of piperazine rings is 1. The molecule has 0 N–H and O–H groups in total. The van der Waals surface area contributed by atoms with Gasteiger partial charge in [0.25, 0.3) is 11.6 Å². The summed E-state index contributed by atoms with van der Waals surface area (Å²) in [5.41, 5.74) is -0.109. The second-order valence-electron chi connectivity index (χ2n) is 6.08. The highest BCUT2D eigenvalue weighted by atomic mass is 35.5. The highest BCUT2D eigenvalue weighted by molar-refractivity contribution is 7.89. The molecule has 12 heteroatoms. The first-order chi connectivity index (χ1) is 13.1. The second kappa shape index (κ2) is 7.74. The third-order valence-corrected chi connectivity index (χ3v) is 7.57. The van der Waals surface area contributed by atoms with E-state index in [-0.39, 0.29) is 52.6 Å². The summed E-state index contributed by atoms with van der Waals surface area (Å²) in [5.74, 6) is -1.08. The summed E-state index contributed by atoms with van der Waals surface area (Å²) in [5, 5.41) is 10.7. The van der Waals surface area contributed by atoms with Crippen LogP contribution in [0.25, 0.3) is 0 Å². The molecule has 1 aliphatic heterocycles. The molecule has 1 amide bonds. The van der Waals surface area contributed by atoms with Crippen molar-refractivity contribution in [2.75, 3.05) is 26.2 Å². The predicted molar refractivity (Wildman–Crippen MR) is 102 cm³/mol. The van der Waals surface area contributed by atoms with Crippen LogP contribution in [-0.2, 0) is 10.0 Å². The first kappa shape index (κ1) is 20.6. The van der Waals surface area contributed by atoms with Crippen LogP contribution >= 0.6 is 22.9 Å². The molecule has 0 saturated carbocycles. The Kier molecular flexibility index (Phi) is 5.71. The predicted octanol–water partition coefficient (Wildman–Crippen LogP) is 2.90. The summed E-state index contributed by atoms with van der Waals surface area (Å²) in [6.45, 7) is 1.94. The first-order valence-corrected chi connectivity index (χ1v) is 10.7. The number of nitrogens with zero attached hydrogens (tertiary/aromatic N) is 3. The first-order valence-electron chi connectivity index (χ1n) is 8.10. The van der Waals surface area contributed by atoms with Gasteiger partial charge in [-0.15, -0.1) is 11.3 Å². The Morgan fingerprint density at radius 3 is 2.43 bits per heavy atom. The van der Waals surface area contributed by atoms with Gasteiger partial charge >= 0.3 is 0 Å². The highest BCUT2D eigenvalue weighted by Gasteiger charge is 2.32. The van der Waals surface area contributed by atoms with E-state index in [9.17, 15) is 27.7 Å². The van der Waals surface area contributed by atoms with Crippen molar-refractivity contribution in [3.63, 3.8) is 0 Å². The molecule has 8 nitrogen and oxygen atoms in total. The Balaban J connectivity index is 1.71.